The number of sulfonamides is 1. The highest BCUT2D eigenvalue weighted by atomic mass is 35.5. The van der Waals surface area contributed by atoms with Crippen molar-refractivity contribution in [2.24, 2.45) is 0 Å². The van der Waals surface area contributed by atoms with Gasteiger partial charge in [-0.1, -0.05) is 41.4 Å². The predicted molar refractivity (Wildman–Crippen MR) is 106 cm³/mol. The minimum Gasteiger partial charge on any atom is -0.457 e. The van der Waals surface area contributed by atoms with Gasteiger partial charge in [-0.15, -0.1) is 0 Å². The molecule has 7 nitrogen and oxygen atoms in total. The van der Waals surface area contributed by atoms with Crippen LogP contribution in [0.3, 0.4) is 0 Å². The van der Waals surface area contributed by atoms with Crippen molar-refractivity contribution in [3.63, 3.8) is 0 Å². The molecule has 2 aromatic rings. The normalized spacial score (nSPS) is 14.9. The van der Waals surface area contributed by atoms with E-state index in [2.05, 4.69) is 0 Å². The van der Waals surface area contributed by atoms with Crippen molar-refractivity contribution in [2.45, 2.75) is 11.5 Å². The smallest absolute Gasteiger partial charge is 0.340 e. The van der Waals surface area contributed by atoms with Gasteiger partial charge in [0.25, 0.3) is 0 Å². The molecule has 0 N–H and O–H groups in total. The van der Waals surface area contributed by atoms with Crippen LogP contribution < -0.4 is 0 Å². The zero-order chi connectivity index (χ0) is 21.0. The van der Waals surface area contributed by atoms with Gasteiger partial charge in [-0.05, 0) is 18.2 Å². The molecule has 152 valence electrons. The van der Waals surface area contributed by atoms with E-state index in [-0.39, 0.29) is 53.4 Å². The summed E-state index contributed by atoms with van der Waals surface area (Å²) in [4.78, 5) is 12.3. The van der Waals surface area contributed by atoms with Gasteiger partial charge in [-0.3, -0.25) is 0 Å². The number of nitrogens with zero attached hydrogens (tertiary/aromatic N) is 2. The van der Waals surface area contributed by atoms with E-state index >= 15 is 0 Å². The second-order valence-electron chi connectivity index (χ2n) is 6.12. The second-order valence-corrected chi connectivity index (χ2v) is 8.84. The number of halogens is 2. The molecule has 0 atom stereocenters. The maximum absolute atomic E-state index is 12.9. The zero-order valence-corrected chi connectivity index (χ0v) is 17.4. The van der Waals surface area contributed by atoms with Crippen molar-refractivity contribution < 1.29 is 22.7 Å². The van der Waals surface area contributed by atoms with E-state index in [1.807, 2.05) is 6.07 Å². The first-order chi connectivity index (χ1) is 13.8. The van der Waals surface area contributed by atoms with Crippen LogP contribution in [0.25, 0.3) is 0 Å². The molecule has 0 aliphatic carbocycles. The minimum atomic E-state index is -3.93. The Bertz CT molecular complexity index is 1080. The minimum absolute atomic E-state index is 0.0329. The summed E-state index contributed by atoms with van der Waals surface area (Å²) in [7, 11) is -3.93. The number of carbonyl (C=O) groups excluding carboxylic acids is 1. The van der Waals surface area contributed by atoms with Crippen molar-refractivity contribution >= 4 is 39.2 Å². The number of nitriles is 1. The second kappa shape index (κ2) is 9.11. The Morgan fingerprint density at radius 1 is 1.17 bits per heavy atom. The molecule has 1 aliphatic rings. The molecule has 10 heteroatoms. The first kappa shape index (κ1) is 21.6. The summed E-state index contributed by atoms with van der Waals surface area (Å²) in [6, 6.07) is 11.0. The van der Waals surface area contributed by atoms with E-state index < -0.39 is 16.0 Å². The van der Waals surface area contributed by atoms with Gasteiger partial charge in [0.15, 0.2) is 0 Å². The van der Waals surface area contributed by atoms with Crippen molar-refractivity contribution in [1.29, 1.82) is 5.26 Å². The van der Waals surface area contributed by atoms with Crippen molar-refractivity contribution in [1.82, 2.24) is 4.31 Å². The Labute approximate surface area is 178 Å². The van der Waals surface area contributed by atoms with Crippen LogP contribution in [0.1, 0.15) is 21.5 Å². The lowest BCUT2D eigenvalue weighted by Crippen LogP contribution is -2.40. The Hall–Kier alpha value is -2.15. The summed E-state index contributed by atoms with van der Waals surface area (Å²) >= 11 is 12.2. The highest BCUT2D eigenvalue weighted by Crippen LogP contribution is 2.31. The number of rotatable bonds is 5. The third-order valence-corrected chi connectivity index (χ3v) is 7.00. The first-order valence-electron chi connectivity index (χ1n) is 8.56. The van der Waals surface area contributed by atoms with Crippen molar-refractivity contribution in [3.8, 4) is 6.07 Å². The molecule has 29 heavy (non-hydrogen) atoms. The van der Waals surface area contributed by atoms with Crippen LogP contribution in [-0.2, 0) is 26.1 Å². The Kier molecular flexibility index (Phi) is 6.77. The number of hydrogen-bond acceptors (Lipinski definition) is 6. The van der Waals surface area contributed by atoms with Gasteiger partial charge >= 0.3 is 5.97 Å². The third kappa shape index (κ3) is 4.71. The molecule has 0 radical (unpaired) electrons. The van der Waals surface area contributed by atoms with E-state index in [1.54, 1.807) is 24.3 Å². The fraction of sp³-hybridized carbons (Fsp3) is 0.263. The highest BCUT2D eigenvalue weighted by Gasteiger charge is 2.30. The summed E-state index contributed by atoms with van der Waals surface area (Å²) in [5, 5.41) is 9.00. The van der Waals surface area contributed by atoms with Crippen LogP contribution in [0.2, 0.25) is 10.0 Å². The number of carbonyl (C=O) groups is 1. The van der Waals surface area contributed by atoms with E-state index in [1.165, 1.54) is 10.4 Å². The topological polar surface area (TPSA) is 96.7 Å². The van der Waals surface area contributed by atoms with Gasteiger partial charge in [0.1, 0.15) is 11.5 Å². The molecule has 3 rings (SSSR count). The van der Waals surface area contributed by atoms with Crippen LogP contribution in [-0.4, -0.2) is 45.0 Å². The molecule has 0 saturated carbocycles. The lowest BCUT2D eigenvalue weighted by Gasteiger charge is -2.26. The fourth-order valence-electron chi connectivity index (χ4n) is 2.79. The molecule has 1 saturated heterocycles. The van der Waals surface area contributed by atoms with Gasteiger partial charge in [0, 0.05) is 18.7 Å². The molecule has 0 spiro atoms. The van der Waals surface area contributed by atoms with Crippen LogP contribution in [0, 0.1) is 11.3 Å². The van der Waals surface area contributed by atoms with Gasteiger partial charge in [0.2, 0.25) is 10.0 Å². The molecule has 0 unspecified atom stereocenters. The lowest BCUT2D eigenvalue weighted by molar-refractivity contribution is 0.0472. The van der Waals surface area contributed by atoms with Crippen molar-refractivity contribution in [2.75, 3.05) is 26.3 Å². The molecule has 1 fully saturated rings. The maximum atomic E-state index is 12.9. The van der Waals surface area contributed by atoms with E-state index in [4.69, 9.17) is 37.9 Å². The summed E-state index contributed by atoms with van der Waals surface area (Å²) in [6.45, 7) is 0.764. The summed E-state index contributed by atoms with van der Waals surface area (Å²) in [5.74, 6) is -0.821. The van der Waals surface area contributed by atoms with Gasteiger partial charge < -0.3 is 9.47 Å². The number of hydrogen-bond donors (Lipinski definition) is 0. The number of morpholine rings is 1. The largest absolute Gasteiger partial charge is 0.457 e. The molecular formula is C19H16Cl2N2O5S. The molecule has 2 aromatic carbocycles. The zero-order valence-electron chi connectivity index (χ0n) is 15.1. The average Bonchev–Trinajstić information content (AvgIpc) is 2.72. The average molecular weight is 455 g/mol. The quantitative estimate of drug-likeness (QED) is 0.643. The van der Waals surface area contributed by atoms with Gasteiger partial charge in [-0.25, -0.2) is 13.2 Å². The number of esters is 1. The molecule has 0 amide bonds. The third-order valence-electron chi connectivity index (χ3n) is 4.33. The Morgan fingerprint density at radius 3 is 2.55 bits per heavy atom. The summed E-state index contributed by atoms with van der Waals surface area (Å²) in [5.41, 5.74) is 0.769. The Balaban J connectivity index is 1.87. The molecule has 0 aromatic heterocycles. The van der Waals surface area contributed by atoms with Crippen LogP contribution >= 0.6 is 23.2 Å². The highest BCUT2D eigenvalue weighted by molar-refractivity contribution is 7.89. The standard InChI is InChI=1S/C19H16Cl2N2O5S/c20-16-10-17(21)18(29(25,26)23-5-7-27-8-6-23)9-15(16)19(24)28-12-14-4-2-1-3-13(14)11-22/h1-4,9-10H,5-8,12H2. The van der Waals surface area contributed by atoms with Crippen LogP contribution in [0.4, 0.5) is 0 Å². The Morgan fingerprint density at radius 2 is 1.86 bits per heavy atom. The van der Waals surface area contributed by atoms with Crippen LogP contribution in [0.15, 0.2) is 41.3 Å². The monoisotopic (exact) mass is 454 g/mol. The fourth-order valence-corrected chi connectivity index (χ4v) is 5.02. The van der Waals surface area contributed by atoms with Crippen molar-refractivity contribution in [3.05, 3.63) is 63.1 Å². The number of benzene rings is 2. The molecule has 1 aliphatic heterocycles. The predicted octanol–water partition coefficient (Wildman–Crippen LogP) is 3.24. The molecular weight excluding hydrogens is 439 g/mol. The number of ether oxygens (including phenoxy) is 2. The van der Waals surface area contributed by atoms with E-state index in [0.717, 1.165) is 6.07 Å². The van der Waals surface area contributed by atoms with E-state index in [0.29, 0.717) is 11.1 Å². The first-order valence-corrected chi connectivity index (χ1v) is 10.8. The SMILES string of the molecule is N#Cc1ccccc1COC(=O)c1cc(S(=O)(=O)N2CCOCC2)c(Cl)cc1Cl. The van der Waals surface area contributed by atoms with Gasteiger partial charge in [-0.2, -0.15) is 9.57 Å². The van der Waals surface area contributed by atoms with E-state index in [9.17, 15) is 13.2 Å². The lowest BCUT2D eigenvalue weighted by atomic mass is 10.1. The maximum Gasteiger partial charge on any atom is 0.340 e. The van der Waals surface area contributed by atoms with Gasteiger partial charge in [0.05, 0.1) is 40.5 Å². The summed E-state index contributed by atoms with van der Waals surface area (Å²) in [6.07, 6.45) is 0. The summed E-state index contributed by atoms with van der Waals surface area (Å²) < 4.78 is 37.5. The van der Waals surface area contributed by atoms with Crippen LogP contribution in [0.5, 0.6) is 0 Å². The molecule has 1 heterocycles. The molecule has 0 bridgehead atoms.